The summed E-state index contributed by atoms with van der Waals surface area (Å²) in [6, 6.07) is 4.75. The van der Waals surface area contributed by atoms with Gasteiger partial charge in [-0.05, 0) is 49.6 Å². The van der Waals surface area contributed by atoms with Crippen LogP contribution in [0.2, 0.25) is 0 Å². The second-order valence-electron chi connectivity index (χ2n) is 7.74. The first-order chi connectivity index (χ1) is 14.2. The largest absolute Gasteiger partial charge is 0.363 e. The Balaban J connectivity index is 1.19. The topological polar surface area (TPSA) is 79.5 Å². The smallest absolute Gasteiger partial charge is 0.345 e. The fourth-order valence-electron chi connectivity index (χ4n) is 4.11. The van der Waals surface area contributed by atoms with Crippen molar-refractivity contribution in [3.8, 4) is 0 Å². The molecule has 2 N–H and O–H groups in total. The molecule has 2 aromatic rings. The molecule has 0 saturated carbocycles. The maximum absolute atomic E-state index is 12.4. The van der Waals surface area contributed by atoms with E-state index in [2.05, 4.69) is 43.1 Å². The molecule has 2 aliphatic heterocycles. The van der Waals surface area contributed by atoms with Gasteiger partial charge in [0.15, 0.2) is 5.96 Å². The van der Waals surface area contributed by atoms with Gasteiger partial charge in [-0.15, -0.1) is 11.3 Å². The Morgan fingerprint density at radius 3 is 2.90 bits per heavy atom. The number of aliphatic imine (C=N–C) groups is 1. The minimum atomic E-state index is 0.0414. The fraction of sp³-hybridized carbons (Fsp3) is 0.650. The van der Waals surface area contributed by atoms with Crippen molar-refractivity contribution in [1.82, 2.24) is 25.0 Å². The molecule has 0 unspecified atom stereocenters. The highest BCUT2D eigenvalue weighted by Crippen LogP contribution is 2.24. The molecule has 2 aromatic heterocycles. The summed E-state index contributed by atoms with van der Waals surface area (Å²) in [6.07, 6.45) is 6.18. The normalized spacial score (nSPS) is 18.0. The molecule has 9 heteroatoms. The van der Waals surface area contributed by atoms with Crippen LogP contribution in [0, 0.1) is 0 Å². The summed E-state index contributed by atoms with van der Waals surface area (Å²) in [5, 5.41) is 14.9. The van der Waals surface area contributed by atoms with Crippen LogP contribution in [0.15, 0.2) is 27.3 Å². The van der Waals surface area contributed by atoms with E-state index in [1.54, 1.807) is 4.68 Å². The third-order valence-electron chi connectivity index (χ3n) is 5.75. The Morgan fingerprint density at radius 1 is 1.31 bits per heavy atom. The Hall–Kier alpha value is -2.29. The minimum Gasteiger partial charge on any atom is -0.363 e. The van der Waals surface area contributed by atoms with Gasteiger partial charge in [0.2, 0.25) is 0 Å². The second kappa shape index (κ2) is 9.47. The van der Waals surface area contributed by atoms with Gasteiger partial charge in [-0.3, -0.25) is 9.56 Å². The molecule has 0 amide bonds. The molecule has 0 aliphatic carbocycles. The van der Waals surface area contributed by atoms with Crippen molar-refractivity contribution in [2.75, 3.05) is 31.6 Å². The summed E-state index contributed by atoms with van der Waals surface area (Å²) in [5.41, 5.74) is 0.0414. The molecule has 4 heterocycles. The van der Waals surface area contributed by atoms with E-state index >= 15 is 0 Å². The Bertz CT molecular complexity index is 862. The number of thiophene rings is 1. The first-order valence-corrected chi connectivity index (χ1v) is 11.5. The van der Waals surface area contributed by atoms with Gasteiger partial charge < -0.3 is 15.5 Å². The highest BCUT2D eigenvalue weighted by Gasteiger charge is 2.21. The van der Waals surface area contributed by atoms with Gasteiger partial charge >= 0.3 is 5.69 Å². The second-order valence-corrected chi connectivity index (χ2v) is 8.67. The lowest BCUT2D eigenvalue weighted by Gasteiger charge is -2.33. The first-order valence-electron chi connectivity index (χ1n) is 10.7. The molecule has 29 heavy (non-hydrogen) atoms. The molecule has 0 bridgehead atoms. The molecule has 8 nitrogen and oxygen atoms in total. The first kappa shape index (κ1) is 20.0. The van der Waals surface area contributed by atoms with E-state index < -0.39 is 0 Å². The SMILES string of the molecule is CN=C(NCCCn1nc2n(c1=O)CCCC2)NC1CCN(c2cccs2)CC1. The molecular weight excluding hydrogens is 386 g/mol. The number of hydrogen-bond donors (Lipinski definition) is 2. The lowest BCUT2D eigenvalue weighted by Crippen LogP contribution is -2.48. The molecule has 1 saturated heterocycles. The molecule has 0 atom stereocenters. The van der Waals surface area contributed by atoms with Crippen LogP contribution >= 0.6 is 11.3 Å². The van der Waals surface area contributed by atoms with Crippen LogP contribution < -0.4 is 21.2 Å². The average molecular weight is 418 g/mol. The maximum Gasteiger partial charge on any atom is 0.345 e. The van der Waals surface area contributed by atoms with Crippen molar-refractivity contribution < 1.29 is 0 Å². The highest BCUT2D eigenvalue weighted by atomic mass is 32.1. The maximum atomic E-state index is 12.4. The van der Waals surface area contributed by atoms with E-state index in [9.17, 15) is 4.79 Å². The third kappa shape index (κ3) is 4.83. The molecule has 0 radical (unpaired) electrons. The zero-order valence-electron chi connectivity index (χ0n) is 17.1. The number of nitrogens with zero attached hydrogens (tertiary/aromatic N) is 5. The number of hydrogen-bond acceptors (Lipinski definition) is 5. The number of aryl methyl sites for hydroxylation is 2. The van der Waals surface area contributed by atoms with E-state index in [1.807, 2.05) is 23.0 Å². The van der Waals surface area contributed by atoms with Crippen molar-refractivity contribution in [3.63, 3.8) is 0 Å². The van der Waals surface area contributed by atoms with Crippen molar-refractivity contribution in [2.24, 2.45) is 4.99 Å². The lowest BCUT2D eigenvalue weighted by atomic mass is 10.1. The van der Waals surface area contributed by atoms with Crippen molar-refractivity contribution in [2.45, 2.75) is 57.7 Å². The van der Waals surface area contributed by atoms with Crippen molar-refractivity contribution in [3.05, 3.63) is 33.8 Å². The van der Waals surface area contributed by atoms with E-state index in [0.717, 1.165) is 76.5 Å². The van der Waals surface area contributed by atoms with Crippen LogP contribution in [-0.2, 0) is 19.5 Å². The Labute approximate surface area is 175 Å². The quantitative estimate of drug-likeness (QED) is 0.425. The number of nitrogens with one attached hydrogen (secondary N) is 2. The minimum absolute atomic E-state index is 0.0414. The molecule has 158 valence electrons. The van der Waals surface area contributed by atoms with Crippen LogP contribution in [0.3, 0.4) is 0 Å². The summed E-state index contributed by atoms with van der Waals surface area (Å²) in [6.45, 7) is 4.37. The summed E-state index contributed by atoms with van der Waals surface area (Å²) in [4.78, 5) is 19.2. The van der Waals surface area contributed by atoms with Gasteiger partial charge in [-0.2, -0.15) is 5.10 Å². The third-order valence-corrected chi connectivity index (χ3v) is 6.68. The summed E-state index contributed by atoms with van der Waals surface area (Å²) in [5.74, 6) is 1.79. The van der Waals surface area contributed by atoms with Gasteiger partial charge in [0.1, 0.15) is 5.82 Å². The number of piperidine rings is 1. The predicted octanol–water partition coefficient (Wildman–Crippen LogP) is 1.67. The van der Waals surface area contributed by atoms with Gasteiger partial charge in [0.25, 0.3) is 0 Å². The monoisotopic (exact) mass is 417 g/mol. The van der Waals surface area contributed by atoms with E-state index in [4.69, 9.17) is 0 Å². The highest BCUT2D eigenvalue weighted by molar-refractivity contribution is 7.14. The molecular formula is C20H31N7OS. The zero-order valence-corrected chi connectivity index (χ0v) is 18.0. The lowest BCUT2D eigenvalue weighted by molar-refractivity contribution is 0.461. The summed E-state index contributed by atoms with van der Waals surface area (Å²) >= 11 is 1.81. The molecule has 0 aromatic carbocycles. The molecule has 0 spiro atoms. The van der Waals surface area contributed by atoms with Crippen LogP contribution in [0.25, 0.3) is 0 Å². The number of aromatic nitrogens is 3. The number of anilines is 1. The van der Waals surface area contributed by atoms with E-state index in [-0.39, 0.29) is 5.69 Å². The number of guanidine groups is 1. The van der Waals surface area contributed by atoms with Crippen LogP contribution in [0.4, 0.5) is 5.00 Å². The molecule has 1 fully saturated rings. The zero-order chi connectivity index (χ0) is 20.1. The molecule has 2 aliphatic rings. The van der Waals surface area contributed by atoms with Crippen LogP contribution in [0.1, 0.15) is 37.9 Å². The summed E-state index contributed by atoms with van der Waals surface area (Å²) in [7, 11) is 1.81. The number of fused-ring (bicyclic) bond motifs is 1. The summed E-state index contributed by atoms with van der Waals surface area (Å²) < 4.78 is 3.46. The van der Waals surface area contributed by atoms with E-state index in [1.165, 1.54) is 5.00 Å². The van der Waals surface area contributed by atoms with Crippen LogP contribution in [-0.4, -0.2) is 53.0 Å². The van der Waals surface area contributed by atoms with Crippen molar-refractivity contribution >= 4 is 22.3 Å². The van der Waals surface area contributed by atoms with Gasteiger partial charge in [-0.1, -0.05) is 0 Å². The number of rotatable bonds is 6. The van der Waals surface area contributed by atoms with Crippen molar-refractivity contribution in [1.29, 1.82) is 0 Å². The van der Waals surface area contributed by atoms with Gasteiger partial charge in [0, 0.05) is 52.2 Å². The van der Waals surface area contributed by atoms with E-state index in [0.29, 0.717) is 12.6 Å². The van der Waals surface area contributed by atoms with Crippen LogP contribution in [0.5, 0.6) is 0 Å². The fourth-order valence-corrected chi connectivity index (χ4v) is 4.90. The van der Waals surface area contributed by atoms with Gasteiger partial charge in [0.05, 0.1) is 5.00 Å². The standard InChI is InChI=1S/C20H31N7OS/c1-21-19(23-16-8-13-25(14-9-16)18-7-4-15-29-18)22-10-5-12-27-20(28)26-11-3-2-6-17(26)24-27/h4,7,15-16H,2-3,5-6,8-14H2,1H3,(H2,21,22,23). The Kier molecular flexibility index (Phi) is 6.53. The average Bonchev–Trinajstić information content (AvgIpc) is 3.40. The molecule has 4 rings (SSSR count). The van der Waals surface area contributed by atoms with Gasteiger partial charge in [-0.25, -0.2) is 9.48 Å². The Morgan fingerprint density at radius 2 is 2.17 bits per heavy atom. The predicted molar refractivity (Wildman–Crippen MR) is 118 cm³/mol.